The molecule has 166 valence electrons. The minimum Gasteiger partial charge on any atom is -0.469 e. The number of carbonyl (C=O) groups is 4. The van der Waals surface area contributed by atoms with Gasteiger partial charge in [0.05, 0.1) is 32.7 Å². The molecule has 0 heterocycles. The molecule has 0 spiro atoms. The smallest absolute Gasteiger partial charge is 0.407 e. The Morgan fingerprint density at radius 1 is 1.03 bits per heavy atom. The van der Waals surface area contributed by atoms with Gasteiger partial charge in [-0.1, -0.05) is 37.3 Å². The van der Waals surface area contributed by atoms with Gasteiger partial charge in [-0.05, 0) is 12.0 Å². The van der Waals surface area contributed by atoms with E-state index in [1.54, 1.807) is 19.1 Å². The maximum Gasteiger partial charge on any atom is 0.407 e. The van der Waals surface area contributed by atoms with Gasteiger partial charge in [0.25, 0.3) is 0 Å². The van der Waals surface area contributed by atoms with E-state index in [0.29, 0.717) is 0 Å². The lowest BCUT2D eigenvalue weighted by molar-refractivity contribution is -0.149. The van der Waals surface area contributed by atoms with Crippen LogP contribution in [0.25, 0.3) is 0 Å². The Hall–Kier alpha value is -3.14. The summed E-state index contributed by atoms with van der Waals surface area (Å²) in [6.45, 7) is 1.40. The number of amides is 2. The highest BCUT2D eigenvalue weighted by Gasteiger charge is 2.27. The lowest BCUT2D eigenvalue weighted by Gasteiger charge is -2.20. The third-order valence-corrected chi connectivity index (χ3v) is 4.13. The van der Waals surface area contributed by atoms with Crippen LogP contribution in [-0.2, 0) is 35.2 Å². The Labute approximate surface area is 174 Å². The molecule has 0 radical (unpaired) electrons. The fourth-order valence-electron chi connectivity index (χ4n) is 2.52. The highest BCUT2D eigenvalue weighted by molar-refractivity contribution is 5.85. The van der Waals surface area contributed by atoms with E-state index in [9.17, 15) is 24.3 Å². The molecule has 1 aromatic carbocycles. The number of esters is 2. The van der Waals surface area contributed by atoms with E-state index in [0.717, 1.165) is 12.7 Å². The Kier molecular flexibility index (Phi) is 10.9. The lowest BCUT2D eigenvalue weighted by atomic mass is 10.0. The number of aliphatic hydroxyl groups excluding tert-OH is 1. The Morgan fingerprint density at radius 3 is 2.27 bits per heavy atom. The van der Waals surface area contributed by atoms with Crippen LogP contribution in [0.1, 0.15) is 25.3 Å². The maximum atomic E-state index is 12.1. The van der Waals surface area contributed by atoms with Crippen LogP contribution in [0.2, 0.25) is 0 Å². The van der Waals surface area contributed by atoms with Gasteiger partial charge >= 0.3 is 18.0 Å². The van der Waals surface area contributed by atoms with E-state index in [-0.39, 0.29) is 26.0 Å². The second-order valence-corrected chi connectivity index (χ2v) is 6.60. The van der Waals surface area contributed by atoms with Crippen molar-refractivity contribution in [2.75, 3.05) is 20.8 Å². The summed E-state index contributed by atoms with van der Waals surface area (Å²) in [7, 11) is 2.38. The second-order valence-electron chi connectivity index (χ2n) is 6.60. The number of carbonyl (C=O) groups excluding carboxylic acids is 4. The van der Waals surface area contributed by atoms with Gasteiger partial charge in [0.15, 0.2) is 0 Å². The number of benzene rings is 1. The number of nitrogens with one attached hydrogen (secondary N) is 2. The molecule has 3 N–H and O–H groups in total. The molecule has 1 aromatic rings. The molecule has 0 unspecified atom stereocenters. The molecule has 10 heteroatoms. The molecule has 3 atom stereocenters. The maximum absolute atomic E-state index is 12.1. The molecule has 0 bridgehead atoms. The van der Waals surface area contributed by atoms with Gasteiger partial charge in [-0.25, -0.2) is 9.59 Å². The zero-order valence-electron chi connectivity index (χ0n) is 17.3. The Bertz CT molecular complexity index is 710. The van der Waals surface area contributed by atoms with Crippen LogP contribution in [0.4, 0.5) is 4.79 Å². The zero-order chi connectivity index (χ0) is 22.5. The SMILES string of the molecule is COC(=O)[C@@H](C)C[C@@H](NC(=O)C[C@H](O)CNC(=O)OCc1ccccc1)C(=O)OC. The van der Waals surface area contributed by atoms with Crippen molar-refractivity contribution in [3.05, 3.63) is 35.9 Å². The van der Waals surface area contributed by atoms with Crippen LogP contribution in [0, 0.1) is 5.92 Å². The topological polar surface area (TPSA) is 140 Å². The number of hydrogen-bond donors (Lipinski definition) is 3. The first-order valence-corrected chi connectivity index (χ1v) is 9.34. The number of ether oxygens (including phenoxy) is 3. The molecule has 0 aliphatic carbocycles. The molecule has 30 heavy (non-hydrogen) atoms. The molecule has 2 amide bonds. The summed E-state index contributed by atoms with van der Waals surface area (Å²) in [6, 6.07) is 7.98. The summed E-state index contributed by atoms with van der Waals surface area (Å²) in [4.78, 5) is 47.2. The molecule has 0 aromatic heterocycles. The largest absolute Gasteiger partial charge is 0.469 e. The average molecular weight is 424 g/mol. The first kappa shape index (κ1) is 24.9. The number of hydrogen-bond acceptors (Lipinski definition) is 8. The fraction of sp³-hybridized carbons (Fsp3) is 0.500. The lowest BCUT2D eigenvalue weighted by Crippen LogP contribution is -2.45. The molecule has 0 fully saturated rings. The molecule has 0 aliphatic rings. The van der Waals surface area contributed by atoms with E-state index in [2.05, 4.69) is 20.1 Å². The van der Waals surface area contributed by atoms with Gasteiger partial charge in [0.2, 0.25) is 5.91 Å². The van der Waals surface area contributed by atoms with Crippen molar-refractivity contribution < 1.29 is 38.5 Å². The normalized spacial score (nSPS) is 13.3. The van der Waals surface area contributed by atoms with Gasteiger partial charge in [-0.2, -0.15) is 0 Å². The predicted molar refractivity (Wildman–Crippen MR) is 105 cm³/mol. The van der Waals surface area contributed by atoms with Crippen LogP contribution in [-0.4, -0.2) is 62.0 Å². The third-order valence-electron chi connectivity index (χ3n) is 4.13. The van der Waals surface area contributed by atoms with Crippen molar-refractivity contribution >= 4 is 23.9 Å². The average Bonchev–Trinajstić information content (AvgIpc) is 2.75. The number of alkyl carbamates (subject to hydrolysis) is 1. The van der Waals surface area contributed by atoms with E-state index in [1.165, 1.54) is 7.11 Å². The molecule has 1 rings (SSSR count). The number of rotatable bonds is 11. The molecular weight excluding hydrogens is 396 g/mol. The van der Waals surface area contributed by atoms with Crippen molar-refractivity contribution in [2.24, 2.45) is 5.92 Å². The summed E-state index contributed by atoms with van der Waals surface area (Å²) in [5, 5.41) is 14.7. The summed E-state index contributed by atoms with van der Waals surface area (Å²) in [5.74, 6) is -2.55. The molecule has 0 saturated carbocycles. The zero-order valence-corrected chi connectivity index (χ0v) is 17.3. The van der Waals surface area contributed by atoms with Crippen molar-refractivity contribution in [1.29, 1.82) is 0 Å². The number of aliphatic hydroxyl groups is 1. The first-order chi connectivity index (χ1) is 14.3. The quantitative estimate of drug-likeness (QED) is 0.345. The number of methoxy groups -OCH3 is 2. The molecule has 0 aliphatic heterocycles. The Balaban J connectivity index is 2.42. The second kappa shape index (κ2) is 13.2. The monoisotopic (exact) mass is 424 g/mol. The van der Waals surface area contributed by atoms with Crippen LogP contribution < -0.4 is 10.6 Å². The highest BCUT2D eigenvalue weighted by Crippen LogP contribution is 2.10. The van der Waals surface area contributed by atoms with E-state index >= 15 is 0 Å². The molecular formula is C20H28N2O8. The summed E-state index contributed by atoms with van der Waals surface area (Å²) < 4.78 is 14.2. The van der Waals surface area contributed by atoms with Gasteiger partial charge in [-0.15, -0.1) is 0 Å². The van der Waals surface area contributed by atoms with Crippen LogP contribution in [0.3, 0.4) is 0 Å². The van der Waals surface area contributed by atoms with Crippen molar-refractivity contribution in [3.8, 4) is 0 Å². The fourth-order valence-corrected chi connectivity index (χ4v) is 2.52. The highest BCUT2D eigenvalue weighted by atomic mass is 16.5. The molecule has 0 saturated heterocycles. The van der Waals surface area contributed by atoms with E-state index in [1.807, 2.05) is 18.2 Å². The standard InChI is InChI=1S/C20H28N2O8/c1-13(18(25)28-2)9-16(19(26)29-3)22-17(24)10-15(23)11-21-20(27)30-12-14-7-5-4-6-8-14/h4-8,13,15-16,23H,9-12H2,1-3H3,(H,21,27)(H,22,24)/t13-,15-,16+/m0/s1. The van der Waals surface area contributed by atoms with Crippen LogP contribution in [0.5, 0.6) is 0 Å². The van der Waals surface area contributed by atoms with Gasteiger partial charge in [-0.3, -0.25) is 9.59 Å². The van der Waals surface area contributed by atoms with Crippen molar-refractivity contribution in [2.45, 2.75) is 38.5 Å². The predicted octanol–water partition coefficient (Wildman–Crippen LogP) is 0.521. The minimum atomic E-state index is -1.20. The summed E-state index contributed by atoms with van der Waals surface area (Å²) in [6.07, 6.45) is -2.34. The van der Waals surface area contributed by atoms with Crippen LogP contribution in [0.15, 0.2) is 30.3 Å². The van der Waals surface area contributed by atoms with Gasteiger partial charge < -0.3 is 30.0 Å². The van der Waals surface area contributed by atoms with Gasteiger partial charge in [0.1, 0.15) is 12.6 Å². The first-order valence-electron chi connectivity index (χ1n) is 9.34. The summed E-state index contributed by atoms with van der Waals surface area (Å²) in [5.41, 5.74) is 0.808. The molecule has 10 nitrogen and oxygen atoms in total. The van der Waals surface area contributed by atoms with Crippen molar-refractivity contribution in [3.63, 3.8) is 0 Å². The van der Waals surface area contributed by atoms with E-state index in [4.69, 9.17) is 4.74 Å². The van der Waals surface area contributed by atoms with E-state index < -0.39 is 42.0 Å². The Morgan fingerprint density at radius 2 is 1.67 bits per heavy atom. The van der Waals surface area contributed by atoms with Crippen LogP contribution >= 0.6 is 0 Å². The minimum absolute atomic E-state index is 0.0226. The summed E-state index contributed by atoms with van der Waals surface area (Å²) >= 11 is 0. The van der Waals surface area contributed by atoms with Crippen molar-refractivity contribution in [1.82, 2.24) is 10.6 Å². The third kappa shape index (κ3) is 9.37. The van der Waals surface area contributed by atoms with Gasteiger partial charge in [0, 0.05) is 6.54 Å².